The zero-order valence-corrected chi connectivity index (χ0v) is 19.4. The molecule has 3 N–H and O–H groups in total. The normalized spacial score (nSPS) is 16.3. The smallest absolute Gasteiger partial charge is 0.268 e. The number of aromatic nitrogens is 3. The van der Waals surface area contributed by atoms with Gasteiger partial charge in [0.2, 0.25) is 5.91 Å². The second-order valence-corrected chi connectivity index (χ2v) is 9.03. The molecule has 1 aromatic carbocycles. The van der Waals surface area contributed by atoms with Gasteiger partial charge < -0.3 is 30.0 Å². The predicted molar refractivity (Wildman–Crippen MR) is 126 cm³/mol. The van der Waals surface area contributed by atoms with E-state index in [4.69, 9.17) is 9.47 Å². The minimum atomic E-state index is -0.232. The van der Waals surface area contributed by atoms with E-state index in [-0.39, 0.29) is 29.8 Å². The molecule has 10 nitrogen and oxygen atoms in total. The lowest BCUT2D eigenvalue weighted by Gasteiger charge is -2.38. The highest BCUT2D eigenvalue weighted by Crippen LogP contribution is 2.36. The van der Waals surface area contributed by atoms with Gasteiger partial charge in [-0.15, -0.1) is 0 Å². The van der Waals surface area contributed by atoms with Gasteiger partial charge in [-0.25, -0.2) is 9.97 Å². The van der Waals surface area contributed by atoms with E-state index in [1.54, 1.807) is 11.0 Å². The third kappa shape index (κ3) is 4.23. The van der Waals surface area contributed by atoms with Crippen molar-refractivity contribution in [1.82, 2.24) is 25.2 Å². The number of carbonyl (C=O) groups excluding carboxylic acids is 2. The highest BCUT2D eigenvalue weighted by molar-refractivity contribution is 6.00. The van der Waals surface area contributed by atoms with Crippen LogP contribution in [-0.4, -0.2) is 64.0 Å². The Kier molecular flexibility index (Phi) is 5.72. The van der Waals surface area contributed by atoms with Crippen molar-refractivity contribution in [2.24, 2.45) is 5.92 Å². The highest BCUT2D eigenvalue weighted by atomic mass is 16.6. The summed E-state index contributed by atoms with van der Waals surface area (Å²) in [6, 6.07) is 7.63. The van der Waals surface area contributed by atoms with Gasteiger partial charge in [0, 0.05) is 20.0 Å². The number of aromatic amines is 1. The topological polar surface area (TPSA) is 121 Å². The maximum Gasteiger partial charge on any atom is 0.268 e. The number of nitrogens with one attached hydrogen (secondary N) is 3. The van der Waals surface area contributed by atoms with Crippen LogP contribution in [0.15, 0.2) is 30.6 Å². The van der Waals surface area contributed by atoms with Crippen molar-refractivity contribution < 1.29 is 19.1 Å². The molecule has 10 heteroatoms. The number of H-pyrrole nitrogens is 1. The largest absolute Gasteiger partial charge is 0.486 e. The molecule has 3 aromatic rings. The summed E-state index contributed by atoms with van der Waals surface area (Å²) in [5.41, 5.74) is 2.03. The van der Waals surface area contributed by atoms with Crippen molar-refractivity contribution in [3.05, 3.63) is 41.9 Å². The molecule has 1 saturated heterocycles. The van der Waals surface area contributed by atoms with Crippen molar-refractivity contribution in [2.45, 2.75) is 32.9 Å². The molecule has 34 heavy (non-hydrogen) atoms. The summed E-state index contributed by atoms with van der Waals surface area (Å²) in [6.45, 7) is 7.93. The fourth-order valence-electron chi connectivity index (χ4n) is 4.30. The number of hydrogen-bond donors (Lipinski definition) is 3. The van der Waals surface area contributed by atoms with Gasteiger partial charge in [0.25, 0.3) is 5.91 Å². The number of carbonyl (C=O) groups is 2. The van der Waals surface area contributed by atoms with E-state index in [0.29, 0.717) is 43.5 Å². The van der Waals surface area contributed by atoms with Crippen molar-refractivity contribution in [3.8, 4) is 11.5 Å². The average Bonchev–Trinajstić information content (AvgIpc) is 3.24. The van der Waals surface area contributed by atoms with Crippen LogP contribution >= 0.6 is 0 Å². The first kappa shape index (κ1) is 22.0. The Balaban J connectivity index is 1.36. The van der Waals surface area contributed by atoms with Gasteiger partial charge in [-0.3, -0.25) is 9.59 Å². The maximum atomic E-state index is 12.8. The van der Waals surface area contributed by atoms with Gasteiger partial charge >= 0.3 is 0 Å². The number of rotatable bonds is 6. The third-order valence-electron chi connectivity index (χ3n) is 6.22. The molecule has 5 rings (SSSR count). The van der Waals surface area contributed by atoms with E-state index in [9.17, 15) is 9.59 Å². The SMILES string of the molecule is CC(=O)N1CC(NC(=O)c2cc3c(N[C@@H](c4ccc5c(c4)OCCO5)C(C)C)ncnc3[nH]2)C1. The van der Waals surface area contributed by atoms with Crippen LogP contribution in [0.2, 0.25) is 0 Å². The lowest BCUT2D eigenvalue weighted by molar-refractivity contribution is -0.133. The third-order valence-corrected chi connectivity index (χ3v) is 6.22. The predicted octanol–water partition coefficient (Wildman–Crippen LogP) is 2.50. The molecule has 0 aliphatic carbocycles. The summed E-state index contributed by atoms with van der Waals surface area (Å²) >= 11 is 0. The van der Waals surface area contributed by atoms with Crippen molar-refractivity contribution in [1.29, 1.82) is 0 Å². The summed E-state index contributed by atoms with van der Waals surface area (Å²) in [6.07, 6.45) is 1.47. The first-order valence-corrected chi connectivity index (χ1v) is 11.4. The quantitative estimate of drug-likeness (QED) is 0.512. The minimum absolute atomic E-state index is 0.0137. The number of benzene rings is 1. The molecule has 0 saturated carbocycles. The molecule has 1 fully saturated rings. The van der Waals surface area contributed by atoms with Crippen LogP contribution in [-0.2, 0) is 4.79 Å². The van der Waals surface area contributed by atoms with E-state index < -0.39 is 0 Å². The summed E-state index contributed by atoms with van der Waals surface area (Å²) in [5, 5.41) is 7.22. The molecular formula is C24H28N6O4. The first-order chi connectivity index (χ1) is 16.4. The molecule has 178 valence electrons. The minimum Gasteiger partial charge on any atom is -0.486 e. The molecule has 4 heterocycles. The van der Waals surface area contributed by atoms with Gasteiger partial charge in [0.15, 0.2) is 11.5 Å². The number of hydrogen-bond acceptors (Lipinski definition) is 7. The number of ether oxygens (including phenoxy) is 2. The summed E-state index contributed by atoms with van der Waals surface area (Å²) in [7, 11) is 0. The fraction of sp³-hybridized carbons (Fsp3) is 0.417. The van der Waals surface area contributed by atoms with E-state index in [2.05, 4.69) is 39.4 Å². The summed E-state index contributed by atoms with van der Waals surface area (Å²) in [5.74, 6) is 2.16. The number of likely N-dealkylation sites (tertiary alicyclic amines) is 1. The molecule has 2 aliphatic heterocycles. The van der Waals surface area contributed by atoms with Crippen molar-refractivity contribution in [2.75, 3.05) is 31.6 Å². The molecule has 1 atom stereocenters. The molecular weight excluding hydrogens is 436 g/mol. The number of nitrogens with zero attached hydrogens (tertiary/aromatic N) is 3. The van der Waals surface area contributed by atoms with Crippen LogP contribution in [0.4, 0.5) is 5.82 Å². The summed E-state index contributed by atoms with van der Waals surface area (Å²) in [4.78, 5) is 37.6. The second-order valence-electron chi connectivity index (χ2n) is 9.03. The van der Waals surface area contributed by atoms with E-state index >= 15 is 0 Å². The number of amides is 2. The van der Waals surface area contributed by atoms with Gasteiger partial charge in [-0.2, -0.15) is 0 Å². The zero-order valence-electron chi connectivity index (χ0n) is 19.4. The maximum absolute atomic E-state index is 12.8. The van der Waals surface area contributed by atoms with E-state index in [1.165, 1.54) is 13.3 Å². The van der Waals surface area contributed by atoms with Gasteiger partial charge in [-0.05, 0) is 29.7 Å². The van der Waals surface area contributed by atoms with Crippen LogP contribution < -0.4 is 20.1 Å². The van der Waals surface area contributed by atoms with E-state index in [0.717, 1.165) is 22.4 Å². The number of anilines is 1. The van der Waals surface area contributed by atoms with Crippen LogP contribution in [0.1, 0.15) is 42.9 Å². The standard InChI is InChI=1S/C24H28N6O4/c1-13(2)21(15-4-5-19-20(8-15)34-7-6-33-19)29-23-17-9-18(28-22(17)25-12-26-23)24(32)27-16-10-30(11-16)14(3)31/h4-5,8-9,12-13,16,21H,6-7,10-11H2,1-3H3,(H,27,32)(H2,25,26,28,29)/t21-/m1/s1. The molecule has 0 bridgehead atoms. The van der Waals surface area contributed by atoms with Crippen LogP contribution in [0, 0.1) is 5.92 Å². The Labute approximate surface area is 197 Å². The lowest BCUT2D eigenvalue weighted by Crippen LogP contribution is -2.60. The molecule has 0 radical (unpaired) electrons. The zero-order chi connectivity index (χ0) is 23.8. The molecule has 2 amide bonds. The Morgan fingerprint density at radius 2 is 1.88 bits per heavy atom. The lowest BCUT2D eigenvalue weighted by atomic mass is 9.95. The molecule has 2 aromatic heterocycles. The van der Waals surface area contributed by atoms with Gasteiger partial charge in [-0.1, -0.05) is 19.9 Å². The molecule has 0 spiro atoms. The fourth-order valence-corrected chi connectivity index (χ4v) is 4.30. The van der Waals surface area contributed by atoms with Crippen molar-refractivity contribution in [3.63, 3.8) is 0 Å². The van der Waals surface area contributed by atoms with Gasteiger partial charge in [0.1, 0.15) is 36.7 Å². The monoisotopic (exact) mass is 464 g/mol. The Hall–Kier alpha value is -3.82. The summed E-state index contributed by atoms with van der Waals surface area (Å²) < 4.78 is 11.4. The Morgan fingerprint density at radius 3 is 2.62 bits per heavy atom. The second kappa shape index (κ2) is 8.85. The van der Waals surface area contributed by atoms with E-state index in [1.807, 2.05) is 18.2 Å². The van der Waals surface area contributed by atoms with Crippen LogP contribution in [0.5, 0.6) is 11.5 Å². The average molecular weight is 465 g/mol. The van der Waals surface area contributed by atoms with Crippen molar-refractivity contribution >= 4 is 28.7 Å². The Morgan fingerprint density at radius 1 is 1.12 bits per heavy atom. The van der Waals surface area contributed by atoms with Crippen LogP contribution in [0.3, 0.4) is 0 Å². The number of fused-ring (bicyclic) bond motifs is 2. The van der Waals surface area contributed by atoms with Crippen LogP contribution in [0.25, 0.3) is 11.0 Å². The van der Waals surface area contributed by atoms with Gasteiger partial charge in [0.05, 0.1) is 17.5 Å². The highest BCUT2D eigenvalue weighted by Gasteiger charge is 2.30. The Bertz CT molecular complexity index is 1230. The molecule has 0 unspecified atom stereocenters. The first-order valence-electron chi connectivity index (χ1n) is 11.4. The molecule has 2 aliphatic rings.